The standard InChI is InChI=1S/C16H21N5S2/c1-10(2)8-13(17)14-18-19-15-21(14)20-16(23-15)22-9-12-7-5-4-6-11(12)3/h4-7,10,13H,8-9,17H2,1-3H3/p+1/t13-/m0/s1. The summed E-state index contributed by atoms with van der Waals surface area (Å²) in [5.41, 5.74) is 6.88. The van der Waals surface area contributed by atoms with Gasteiger partial charge in [0.05, 0.1) is 0 Å². The highest BCUT2D eigenvalue weighted by molar-refractivity contribution is 8.00. The normalized spacial score (nSPS) is 13.1. The van der Waals surface area contributed by atoms with Crippen LogP contribution in [0.5, 0.6) is 0 Å². The Bertz CT molecular complexity index is 793. The molecule has 3 N–H and O–H groups in total. The minimum atomic E-state index is 0.126. The minimum absolute atomic E-state index is 0.126. The van der Waals surface area contributed by atoms with Crippen LogP contribution in [0, 0.1) is 12.8 Å². The van der Waals surface area contributed by atoms with Gasteiger partial charge in [0.15, 0.2) is 4.34 Å². The third kappa shape index (κ3) is 3.73. The quantitative estimate of drug-likeness (QED) is 0.695. The van der Waals surface area contributed by atoms with Crippen LogP contribution < -0.4 is 5.73 Å². The van der Waals surface area contributed by atoms with Crippen LogP contribution in [-0.4, -0.2) is 19.8 Å². The molecule has 7 heteroatoms. The van der Waals surface area contributed by atoms with Crippen LogP contribution in [0.25, 0.3) is 4.96 Å². The van der Waals surface area contributed by atoms with E-state index in [2.05, 4.69) is 66.1 Å². The van der Waals surface area contributed by atoms with Gasteiger partial charge in [0.2, 0.25) is 10.8 Å². The van der Waals surface area contributed by atoms with Crippen molar-refractivity contribution in [3.8, 4) is 0 Å². The molecular weight excluding hydrogens is 326 g/mol. The van der Waals surface area contributed by atoms with Crippen molar-refractivity contribution < 1.29 is 5.73 Å². The van der Waals surface area contributed by atoms with Crippen LogP contribution in [0.2, 0.25) is 0 Å². The van der Waals surface area contributed by atoms with E-state index in [9.17, 15) is 0 Å². The van der Waals surface area contributed by atoms with Crippen LogP contribution in [0.4, 0.5) is 0 Å². The zero-order valence-corrected chi connectivity index (χ0v) is 15.3. The molecule has 23 heavy (non-hydrogen) atoms. The predicted molar refractivity (Wildman–Crippen MR) is 94.5 cm³/mol. The van der Waals surface area contributed by atoms with Gasteiger partial charge in [-0.05, 0) is 24.0 Å². The lowest BCUT2D eigenvalue weighted by molar-refractivity contribution is -0.432. The molecule has 3 rings (SSSR count). The number of hydrogen-bond acceptors (Lipinski definition) is 5. The van der Waals surface area contributed by atoms with Crippen LogP contribution in [0.1, 0.15) is 43.3 Å². The van der Waals surface area contributed by atoms with E-state index in [1.165, 1.54) is 11.1 Å². The predicted octanol–water partition coefficient (Wildman–Crippen LogP) is 3.12. The molecule has 122 valence electrons. The molecule has 5 nitrogen and oxygen atoms in total. The maximum absolute atomic E-state index is 4.68. The van der Waals surface area contributed by atoms with Crippen molar-refractivity contribution in [2.45, 2.75) is 43.3 Å². The van der Waals surface area contributed by atoms with Gasteiger partial charge in [-0.1, -0.05) is 61.2 Å². The first-order valence-corrected chi connectivity index (χ1v) is 9.57. The Morgan fingerprint density at radius 2 is 2.04 bits per heavy atom. The average Bonchev–Trinajstić information content (AvgIpc) is 3.05. The third-order valence-corrected chi connectivity index (χ3v) is 5.81. The maximum atomic E-state index is 4.68. The molecule has 0 aliphatic heterocycles. The van der Waals surface area contributed by atoms with Gasteiger partial charge in [-0.2, -0.15) is 4.52 Å². The Balaban J connectivity index is 1.76. The van der Waals surface area contributed by atoms with Crippen molar-refractivity contribution in [2.75, 3.05) is 0 Å². The number of fused-ring (bicyclic) bond motifs is 1. The van der Waals surface area contributed by atoms with Crippen molar-refractivity contribution in [1.29, 1.82) is 0 Å². The van der Waals surface area contributed by atoms with Gasteiger partial charge in [0.25, 0.3) is 0 Å². The first-order valence-electron chi connectivity index (χ1n) is 7.77. The summed E-state index contributed by atoms with van der Waals surface area (Å²) in [6.07, 6.45) is 0.990. The number of rotatable bonds is 6. The van der Waals surface area contributed by atoms with E-state index >= 15 is 0 Å². The van der Waals surface area contributed by atoms with E-state index in [0.29, 0.717) is 5.92 Å². The fraction of sp³-hybridized carbons (Fsp3) is 0.438. The molecule has 0 radical (unpaired) electrons. The van der Waals surface area contributed by atoms with E-state index < -0.39 is 0 Å². The Morgan fingerprint density at radius 1 is 1.26 bits per heavy atom. The number of benzene rings is 1. The summed E-state index contributed by atoms with van der Waals surface area (Å²) in [5.74, 6) is 2.37. The molecule has 1 aromatic carbocycles. The van der Waals surface area contributed by atoms with Gasteiger partial charge in [-0.15, -0.1) is 15.3 Å². The fourth-order valence-electron chi connectivity index (χ4n) is 2.51. The van der Waals surface area contributed by atoms with Crippen molar-refractivity contribution in [3.63, 3.8) is 0 Å². The highest BCUT2D eigenvalue weighted by Crippen LogP contribution is 2.29. The summed E-state index contributed by atoms with van der Waals surface area (Å²) in [5, 5.41) is 13.2. The topological polar surface area (TPSA) is 70.7 Å². The molecule has 0 saturated carbocycles. The molecule has 2 aromatic heterocycles. The van der Waals surface area contributed by atoms with E-state index in [0.717, 1.165) is 27.3 Å². The Kier molecular flexibility index (Phi) is 4.99. The number of aryl methyl sites for hydroxylation is 1. The van der Waals surface area contributed by atoms with Gasteiger partial charge in [-0.25, -0.2) is 0 Å². The Labute approximate surface area is 144 Å². The largest absolute Gasteiger partial charge is 0.349 e. The highest BCUT2D eigenvalue weighted by atomic mass is 32.2. The lowest BCUT2D eigenvalue weighted by Crippen LogP contribution is -2.54. The molecule has 0 fully saturated rings. The van der Waals surface area contributed by atoms with Gasteiger partial charge < -0.3 is 5.73 Å². The lowest BCUT2D eigenvalue weighted by Gasteiger charge is -2.07. The summed E-state index contributed by atoms with van der Waals surface area (Å²) in [7, 11) is 0. The lowest BCUT2D eigenvalue weighted by atomic mass is 10.0. The number of thioether (sulfide) groups is 1. The summed E-state index contributed by atoms with van der Waals surface area (Å²) in [6, 6.07) is 8.59. The first kappa shape index (κ1) is 16.4. The molecule has 0 unspecified atom stereocenters. The van der Waals surface area contributed by atoms with E-state index in [1.54, 1.807) is 23.1 Å². The van der Waals surface area contributed by atoms with Crippen molar-refractivity contribution in [3.05, 3.63) is 41.2 Å². The van der Waals surface area contributed by atoms with Crippen LogP contribution in [0.15, 0.2) is 28.6 Å². The Hall–Kier alpha value is -1.44. The van der Waals surface area contributed by atoms with Crippen molar-refractivity contribution >= 4 is 28.1 Å². The molecule has 2 heterocycles. The monoisotopic (exact) mass is 348 g/mol. The maximum Gasteiger partial charge on any atom is 0.235 e. The summed E-state index contributed by atoms with van der Waals surface area (Å²) < 4.78 is 2.89. The summed E-state index contributed by atoms with van der Waals surface area (Å²) >= 11 is 3.34. The summed E-state index contributed by atoms with van der Waals surface area (Å²) in [4.78, 5) is 0.852. The van der Waals surface area contributed by atoms with Crippen LogP contribution >= 0.6 is 23.1 Å². The second-order valence-electron chi connectivity index (χ2n) is 6.16. The zero-order valence-electron chi connectivity index (χ0n) is 13.7. The molecule has 3 aromatic rings. The summed E-state index contributed by atoms with van der Waals surface area (Å²) in [6.45, 7) is 6.54. The number of nitrogens with zero attached hydrogens (tertiary/aromatic N) is 4. The molecule has 1 atom stereocenters. The third-order valence-electron chi connectivity index (χ3n) is 3.73. The van der Waals surface area contributed by atoms with Crippen molar-refractivity contribution in [1.82, 2.24) is 19.8 Å². The molecule has 0 aliphatic carbocycles. The molecule has 0 amide bonds. The molecule has 0 saturated heterocycles. The minimum Gasteiger partial charge on any atom is -0.349 e. The first-order chi connectivity index (χ1) is 11.0. The molecule has 0 aliphatic rings. The zero-order chi connectivity index (χ0) is 16.4. The van der Waals surface area contributed by atoms with Gasteiger partial charge >= 0.3 is 0 Å². The van der Waals surface area contributed by atoms with Gasteiger partial charge in [0, 0.05) is 12.2 Å². The highest BCUT2D eigenvalue weighted by Gasteiger charge is 2.21. The van der Waals surface area contributed by atoms with Crippen LogP contribution in [-0.2, 0) is 5.75 Å². The second kappa shape index (κ2) is 6.98. The number of aromatic nitrogens is 4. The Morgan fingerprint density at radius 3 is 2.78 bits per heavy atom. The fourth-order valence-corrected chi connectivity index (χ4v) is 4.47. The van der Waals surface area contributed by atoms with E-state index in [-0.39, 0.29) is 6.04 Å². The molecule has 0 bridgehead atoms. The number of hydrogen-bond donors (Lipinski definition) is 1. The van der Waals surface area contributed by atoms with Gasteiger partial charge in [-0.3, -0.25) is 0 Å². The molecular formula is C16H22N5S2+. The van der Waals surface area contributed by atoms with Crippen molar-refractivity contribution in [2.24, 2.45) is 5.92 Å². The number of quaternary nitrogens is 1. The van der Waals surface area contributed by atoms with E-state index in [1.807, 2.05) is 4.52 Å². The van der Waals surface area contributed by atoms with E-state index in [4.69, 9.17) is 0 Å². The smallest absolute Gasteiger partial charge is 0.235 e. The van der Waals surface area contributed by atoms with Crippen LogP contribution in [0.3, 0.4) is 0 Å². The second-order valence-corrected chi connectivity index (χ2v) is 8.34. The van der Waals surface area contributed by atoms with Gasteiger partial charge in [0.1, 0.15) is 6.04 Å². The molecule has 0 spiro atoms. The SMILES string of the molecule is Cc1ccccc1CSc1nn2c([C@@H]([NH3+])CC(C)C)nnc2s1. The average molecular weight is 349 g/mol.